The number of piperidine rings is 1. The SMILES string of the molecule is CC1(c2cccc(O)c2)CCCN(C(=O)c2ccccc2)C1(C)C. The predicted octanol–water partition coefficient (Wildman–Crippen LogP) is 4.36. The molecule has 0 bridgehead atoms. The molecule has 1 saturated heterocycles. The number of hydrogen-bond donors (Lipinski definition) is 1. The lowest BCUT2D eigenvalue weighted by Crippen LogP contribution is -2.62. The van der Waals surface area contributed by atoms with Crippen LogP contribution in [0.4, 0.5) is 0 Å². The van der Waals surface area contributed by atoms with Crippen molar-refractivity contribution in [3.05, 3.63) is 65.7 Å². The minimum absolute atomic E-state index is 0.0756. The van der Waals surface area contributed by atoms with Crippen LogP contribution in [0, 0.1) is 0 Å². The summed E-state index contributed by atoms with van der Waals surface area (Å²) >= 11 is 0. The summed E-state index contributed by atoms with van der Waals surface area (Å²) in [5.74, 6) is 0.350. The van der Waals surface area contributed by atoms with Crippen LogP contribution >= 0.6 is 0 Å². The molecule has 0 aromatic heterocycles. The Bertz CT molecular complexity index is 739. The number of likely N-dealkylation sites (tertiary alicyclic amines) is 1. The number of phenols is 1. The fraction of sp³-hybridized carbons (Fsp3) is 0.381. The molecule has 1 N–H and O–H groups in total. The third-order valence-electron chi connectivity index (χ3n) is 5.83. The van der Waals surface area contributed by atoms with Crippen molar-refractivity contribution in [1.29, 1.82) is 0 Å². The van der Waals surface area contributed by atoms with E-state index in [1.165, 1.54) is 0 Å². The molecular weight excluding hydrogens is 298 g/mol. The maximum absolute atomic E-state index is 13.1. The standard InChI is InChI=1S/C21H25NO2/c1-20(2)21(3,17-11-7-12-18(23)15-17)13-8-14-22(20)19(24)16-9-5-4-6-10-16/h4-7,9-12,15,23H,8,13-14H2,1-3H3. The van der Waals surface area contributed by atoms with E-state index in [0.29, 0.717) is 0 Å². The molecule has 1 atom stereocenters. The average molecular weight is 323 g/mol. The van der Waals surface area contributed by atoms with Crippen molar-refractivity contribution in [1.82, 2.24) is 4.90 Å². The third kappa shape index (κ3) is 2.58. The molecule has 1 unspecified atom stereocenters. The van der Waals surface area contributed by atoms with Gasteiger partial charge in [-0.1, -0.05) is 37.3 Å². The number of aromatic hydroxyl groups is 1. The molecule has 1 heterocycles. The van der Waals surface area contributed by atoms with Crippen molar-refractivity contribution in [2.24, 2.45) is 0 Å². The summed E-state index contributed by atoms with van der Waals surface area (Å²) in [5.41, 5.74) is 1.24. The maximum Gasteiger partial charge on any atom is 0.254 e. The van der Waals surface area contributed by atoms with Gasteiger partial charge in [0.05, 0.1) is 0 Å². The molecule has 2 aromatic carbocycles. The second-order valence-corrected chi connectivity index (χ2v) is 7.37. The highest BCUT2D eigenvalue weighted by molar-refractivity contribution is 5.95. The number of carbonyl (C=O) groups excluding carboxylic acids is 1. The molecule has 0 radical (unpaired) electrons. The van der Waals surface area contributed by atoms with Crippen LogP contribution in [0.3, 0.4) is 0 Å². The van der Waals surface area contributed by atoms with E-state index < -0.39 is 0 Å². The summed E-state index contributed by atoms with van der Waals surface area (Å²) in [4.78, 5) is 15.1. The zero-order valence-corrected chi connectivity index (χ0v) is 14.6. The van der Waals surface area contributed by atoms with Crippen LogP contribution in [0.1, 0.15) is 49.5 Å². The second-order valence-electron chi connectivity index (χ2n) is 7.37. The number of hydrogen-bond acceptors (Lipinski definition) is 2. The molecule has 1 fully saturated rings. The number of phenolic OH excluding ortho intramolecular Hbond substituents is 1. The minimum Gasteiger partial charge on any atom is -0.508 e. The van der Waals surface area contributed by atoms with Gasteiger partial charge in [0.15, 0.2) is 0 Å². The lowest BCUT2D eigenvalue weighted by Gasteiger charge is -2.55. The molecular formula is C21H25NO2. The first-order chi connectivity index (χ1) is 11.4. The lowest BCUT2D eigenvalue weighted by atomic mass is 9.62. The zero-order valence-electron chi connectivity index (χ0n) is 14.6. The molecule has 3 nitrogen and oxygen atoms in total. The number of amides is 1. The molecule has 24 heavy (non-hydrogen) atoms. The second kappa shape index (κ2) is 5.97. The quantitative estimate of drug-likeness (QED) is 0.892. The van der Waals surface area contributed by atoms with Gasteiger partial charge in [0.1, 0.15) is 5.75 Å². The molecule has 0 aliphatic carbocycles. The van der Waals surface area contributed by atoms with Gasteiger partial charge in [-0.25, -0.2) is 0 Å². The Morgan fingerprint density at radius 1 is 1.04 bits per heavy atom. The van der Waals surface area contributed by atoms with Gasteiger partial charge >= 0.3 is 0 Å². The van der Waals surface area contributed by atoms with Crippen LogP contribution in [0.25, 0.3) is 0 Å². The largest absolute Gasteiger partial charge is 0.508 e. The van der Waals surface area contributed by atoms with E-state index in [-0.39, 0.29) is 22.6 Å². The first kappa shape index (κ1) is 16.6. The Labute approximate surface area is 143 Å². The Morgan fingerprint density at radius 2 is 1.75 bits per heavy atom. The van der Waals surface area contributed by atoms with Crippen molar-refractivity contribution in [3.63, 3.8) is 0 Å². The van der Waals surface area contributed by atoms with Crippen LogP contribution in [-0.2, 0) is 5.41 Å². The summed E-state index contributed by atoms with van der Waals surface area (Å²) in [7, 11) is 0. The lowest BCUT2D eigenvalue weighted by molar-refractivity contribution is 0.00895. The van der Waals surface area contributed by atoms with Crippen LogP contribution in [0.5, 0.6) is 5.75 Å². The van der Waals surface area contributed by atoms with Gasteiger partial charge in [0, 0.05) is 23.1 Å². The first-order valence-corrected chi connectivity index (χ1v) is 8.53. The smallest absolute Gasteiger partial charge is 0.254 e. The average Bonchev–Trinajstić information content (AvgIpc) is 2.57. The maximum atomic E-state index is 13.1. The molecule has 1 aliphatic rings. The highest BCUT2D eigenvalue weighted by Crippen LogP contribution is 2.47. The number of rotatable bonds is 2. The van der Waals surface area contributed by atoms with E-state index in [1.807, 2.05) is 47.4 Å². The zero-order chi connectivity index (χ0) is 17.4. The molecule has 1 aliphatic heterocycles. The van der Waals surface area contributed by atoms with Crippen LogP contribution < -0.4 is 0 Å². The summed E-state index contributed by atoms with van der Waals surface area (Å²) in [5, 5.41) is 9.90. The van der Waals surface area contributed by atoms with E-state index in [0.717, 1.165) is 30.5 Å². The Kier molecular flexibility index (Phi) is 4.12. The molecule has 2 aromatic rings. The number of benzene rings is 2. The fourth-order valence-electron chi connectivity index (χ4n) is 3.91. The Balaban J connectivity index is 2.01. The summed E-state index contributed by atoms with van der Waals surface area (Å²) < 4.78 is 0. The monoisotopic (exact) mass is 323 g/mol. The molecule has 126 valence electrons. The molecule has 0 spiro atoms. The molecule has 1 amide bonds. The van der Waals surface area contributed by atoms with Crippen molar-refractivity contribution in [2.45, 2.75) is 44.6 Å². The van der Waals surface area contributed by atoms with E-state index in [1.54, 1.807) is 6.07 Å². The van der Waals surface area contributed by atoms with Gasteiger partial charge in [-0.15, -0.1) is 0 Å². The van der Waals surface area contributed by atoms with Gasteiger partial charge in [-0.2, -0.15) is 0 Å². The Morgan fingerprint density at radius 3 is 2.42 bits per heavy atom. The van der Waals surface area contributed by atoms with Crippen molar-refractivity contribution in [2.75, 3.05) is 6.54 Å². The van der Waals surface area contributed by atoms with Crippen molar-refractivity contribution in [3.8, 4) is 5.75 Å². The van der Waals surface area contributed by atoms with Gasteiger partial charge in [-0.05, 0) is 56.5 Å². The molecule has 3 rings (SSSR count). The third-order valence-corrected chi connectivity index (χ3v) is 5.83. The summed E-state index contributed by atoms with van der Waals surface area (Å²) in [6.45, 7) is 7.23. The van der Waals surface area contributed by atoms with Gasteiger partial charge in [-0.3, -0.25) is 4.79 Å². The van der Waals surface area contributed by atoms with E-state index >= 15 is 0 Å². The topological polar surface area (TPSA) is 40.5 Å². The van der Waals surface area contributed by atoms with E-state index in [9.17, 15) is 9.90 Å². The van der Waals surface area contributed by atoms with Crippen LogP contribution in [-0.4, -0.2) is 28.0 Å². The highest BCUT2D eigenvalue weighted by atomic mass is 16.3. The minimum atomic E-state index is -0.355. The fourth-order valence-corrected chi connectivity index (χ4v) is 3.91. The molecule has 0 saturated carbocycles. The molecule has 3 heteroatoms. The summed E-state index contributed by atoms with van der Waals surface area (Å²) in [6, 6.07) is 16.9. The van der Waals surface area contributed by atoms with Gasteiger partial charge in [0.25, 0.3) is 5.91 Å². The number of carbonyl (C=O) groups is 1. The van der Waals surface area contributed by atoms with E-state index in [2.05, 4.69) is 26.8 Å². The first-order valence-electron chi connectivity index (χ1n) is 8.53. The highest BCUT2D eigenvalue weighted by Gasteiger charge is 2.50. The predicted molar refractivity (Wildman–Crippen MR) is 96.3 cm³/mol. The van der Waals surface area contributed by atoms with Crippen LogP contribution in [0.15, 0.2) is 54.6 Å². The van der Waals surface area contributed by atoms with Crippen molar-refractivity contribution >= 4 is 5.91 Å². The summed E-state index contributed by atoms with van der Waals surface area (Å²) in [6.07, 6.45) is 1.94. The normalized spacial score (nSPS) is 23.0. The van der Waals surface area contributed by atoms with Crippen LogP contribution in [0.2, 0.25) is 0 Å². The van der Waals surface area contributed by atoms with E-state index in [4.69, 9.17) is 0 Å². The van der Waals surface area contributed by atoms with Gasteiger partial charge < -0.3 is 10.0 Å². The van der Waals surface area contributed by atoms with Gasteiger partial charge in [0.2, 0.25) is 0 Å². The Hall–Kier alpha value is -2.29. The van der Waals surface area contributed by atoms with Crippen molar-refractivity contribution < 1.29 is 9.90 Å². The number of nitrogens with zero attached hydrogens (tertiary/aromatic N) is 1.